The van der Waals surface area contributed by atoms with Crippen LogP contribution in [0.4, 0.5) is 5.69 Å². The van der Waals surface area contributed by atoms with Crippen molar-refractivity contribution in [2.24, 2.45) is 0 Å². The van der Waals surface area contributed by atoms with Crippen molar-refractivity contribution in [1.29, 1.82) is 0 Å². The highest BCUT2D eigenvalue weighted by Crippen LogP contribution is 2.17. The topological polar surface area (TPSA) is 58.4 Å². The van der Waals surface area contributed by atoms with Gasteiger partial charge in [-0.25, -0.2) is 0 Å². The molecule has 142 valence electrons. The number of halogens is 3. The largest absolute Gasteiger partial charge is 0.398 e. The van der Waals surface area contributed by atoms with E-state index in [1.54, 1.807) is 12.1 Å². The van der Waals surface area contributed by atoms with Gasteiger partial charge in [0.25, 0.3) is 5.91 Å². The lowest BCUT2D eigenvalue weighted by atomic mass is 10.0. The summed E-state index contributed by atoms with van der Waals surface area (Å²) in [5.74, 6) is -0.0794. The maximum Gasteiger partial charge on any atom is 0.253 e. The Labute approximate surface area is 171 Å². The van der Waals surface area contributed by atoms with Gasteiger partial charge in [-0.2, -0.15) is 0 Å². The lowest BCUT2D eigenvalue weighted by Crippen LogP contribution is -2.44. The Morgan fingerprint density at radius 3 is 2.31 bits per heavy atom. The summed E-state index contributed by atoms with van der Waals surface area (Å²) in [5, 5.41) is 3.87. The third-order valence-corrected chi connectivity index (χ3v) is 4.70. The fraction of sp³-hybridized carbons (Fsp3) is 0.316. The molecule has 0 atom stereocenters. The zero-order chi connectivity index (χ0) is 16.9. The zero-order valence-electron chi connectivity index (χ0n) is 14.4. The molecule has 1 amide bonds. The number of carbonyl (C=O) groups is 1. The molecule has 7 heteroatoms. The first kappa shape index (κ1) is 22.6. The van der Waals surface area contributed by atoms with Crippen molar-refractivity contribution in [3.05, 3.63) is 64.7 Å². The molecule has 1 saturated heterocycles. The van der Waals surface area contributed by atoms with Crippen molar-refractivity contribution in [1.82, 2.24) is 10.2 Å². The van der Waals surface area contributed by atoms with Crippen molar-refractivity contribution in [3.8, 4) is 0 Å². The van der Waals surface area contributed by atoms with E-state index in [-0.39, 0.29) is 36.8 Å². The van der Waals surface area contributed by atoms with Gasteiger partial charge in [0, 0.05) is 36.4 Å². The molecule has 3 rings (SSSR count). The van der Waals surface area contributed by atoms with Crippen LogP contribution in [0.5, 0.6) is 0 Å². The van der Waals surface area contributed by atoms with Gasteiger partial charge in [0.2, 0.25) is 0 Å². The number of likely N-dealkylation sites (tertiary alicyclic amines) is 1. The maximum atomic E-state index is 12.3. The number of nitrogens with two attached hydrogens (primary N) is 1. The molecule has 0 aliphatic carbocycles. The van der Waals surface area contributed by atoms with E-state index in [9.17, 15) is 4.79 Å². The Hall–Kier alpha value is -1.46. The summed E-state index contributed by atoms with van der Waals surface area (Å²) in [6.07, 6.45) is 1.90. The first-order valence-corrected chi connectivity index (χ1v) is 8.62. The summed E-state index contributed by atoms with van der Waals surface area (Å²) in [6, 6.07) is 15.4. The van der Waals surface area contributed by atoms with Crippen molar-refractivity contribution in [2.75, 3.05) is 18.8 Å². The fourth-order valence-corrected chi connectivity index (χ4v) is 3.18. The Balaban J connectivity index is 0.00000169. The predicted molar refractivity (Wildman–Crippen MR) is 113 cm³/mol. The smallest absolute Gasteiger partial charge is 0.253 e. The van der Waals surface area contributed by atoms with E-state index in [4.69, 9.17) is 17.3 Å². The number of anilines is 1. The van der Waals surface area contributed by atoms with Gasteiger partial charge in [-0.15, -0.1) is 24.8 Å². The first-order chi connectivity index (χ1) is 11.6. The monoisotopic (exact) mass is 415 g/mol. The van der Waals surface area contributed by atoms with Crippen molar-refractivity contribution >= 4 is 48.0 Å². The van der Waals surface area contributed by atoms with E-state index in [0.717, 1.165) is 37.5 Å². The second-order valence-electron chi connectivity index (χ2n) is 6.24. The molecular formula is C19H24Cl3N3O. The summed E-state index contributed by atoms with van der Waals surface area (Å²) < 4.78 is 0. The molecule has 1 aliphatic rings. The second-order valence-corrected chi connectivity index (χ2v) is 6.67. The van der Waals surface area contributed by atoms with Gasteiger partial charge in [0.15, 0.2) is 0 Å². The van der Waals surface area contributed by atoms with E-state index in [0.29, 0.717) is 11.3 Å². The van der Waals surface area contributed by atoms with Crippen LogP contribution in [0.2, 0.25) is 5.02 Å². The number of hydrogen-bond donors (Lipinski definition) is 2. The molecule has 0 aromatic heterocycles. The molecular weight excluding hydrogens is 393 g/mol. The average molecular weight is 417 g/mol. The molecule has 0 unspecified atom stereocenters. The van der Waals surface area contributed by atoms with Crippen LogP contribution in [0.1, 0.15) is 28.8 Å². The van der Waals surface area contributed by atoms with E-state index in [1.165, 1.54) is 5.56 Å². The van der Waals surface area contributed by atoms with Crippen LogP contribution in [0.3, 0.4) is 0 Å². The van der Waals surface area contributed by atoms with Crippen molar-refractivity contribution in [3.63, 3.8) is 0 Å². The molecule has 2 aromatic rings. The average Bonchev–Trinajstić information content (AvgIpc) is 2.59. The van der Waals surface area contributed by atoms with Crippen LogP contribution in [-0.4, -0.2) is 29.9 Å². The third-order valence-electron chi connectivity index (χ3n) is 4.45. The number of rotatable bonds is 4. The summed E-state index contributed by atoms with van der Waals surface area (Å²) in [6.45, 7) is 2.86. The highest BCUT2D eigenvalue weighted by molar-refractivity contribution is 6.30. The van der Waals surface area contributed by atoms with Crippen LogP contribution in [0.15, 0.2) is 48.5 Å². The summed E-state index contributed by atoms with van der Waals surface area (Å²) in [5.41, 5.74) is 8.21. The van der Waals surface area contributed by atoms with Crippen LogP contribution < -0.4 is 11.1 Å². The second kappa shape index (κ2) is 10.6. The van der Waals surface area contributed by atoms with Gasteiger partial charge < -0.3 is 11.1 Å². The van der Waals surface area contributed by atoms with E-state index >= 15 is 0 Å². The number of amides is 1. The first-order valence-electron chi connectivity index (χ1n) is 8.24. The summed E-state index contributed by atoms with van der Waals surface area (Å²) >= 11 is 5.92. The predicted octanol–water partition coefficient (Wildman–Crippen LogP) is 4.16. The standard InChI is InChI=1S/C19H22ClN3O.2ClH/c20-15-7-5-14(6-8-15)13-23-11-9-16(10-12-23)22-19(24)17-3-1-2-4-18(17)21;;/h1-8,16H,9-13,21H2,(H,22,24);2*1H. The number of carbonyl (C=O) groups excluding carboxylic acids is 1. The number of hydrogen-bond acceptors (Lipinski definition) is 3. The van der Waals surface area contributed by atoms with Gasteiger partial charge in [-0.3, -0.25) is 9.69 Å². The van der Waals surface area contributed by atoms with Gasteiger partial charge >= 0.3 is 0 Å². The van der Waals surface area contributed by atoms with Crippen molar-refractivity contribution < 1.29 is 4.79 Å². The molecule has 4 nitrogen and oxygen atoms in total. The SMILES string of the molecule is Cl.Cl.Nc1ccccc1C(=O)NC1CCN(Cc2ccc(Cl)cc2)CC1. The number of benzene rings is 2. The number of nitrogen functional groups attached to an aromatic ring is 1. The minimum absolute atomic E-state index is 0. The van der Waals surface area contributed by atoms with E-state index < -0.39 is 0 Å². The van der Waals surface area contributed by atoms with Crippen LogP contribution in [0.25, 0.3) is 0 Å². The molecule has 1 fully saturated rings. The van der Waals surface area contributed by atoms with Gasteiger partial charge in [-0.1, -0.05) is 35.9 Å². The van der Waals surface area contributed by atoms with Crippen LogP contribution in [0, 0.1) is 0 Å². The Bertz CT molecular complexity index is 701. The van der Waals surface area contributed by atoms with E-state index in [1.807, 2.05) is 24.3 Å². The Kier molecular flexibility index (Phi) is 9.23. The molecule has 0 bridgehead atoms. The number of piperidine rings is 1. The van der Waals surface area contributed by atoms with Gasteiger partial charge in [0.05, 0.1) is 5.56 Å². The molecule has 26 heavy (non-hydrogen) atoms. The third kappa shape index (κ3) is 6.06. The Morgan fingerprint density at radius 1 is 1.08 bits per heavy atom. The number of nitrogens with one attached hydrogen (secondary N) is 1. The Morgan fingerprint density at radius 2 is 1.69 bits per heavy atom. The highest BCUT2D eigenvalue weighted by atomic mass is 35.5. The molecule has 3 N–H and O–H groups in total. The summed E-state index contributed by atoms with van der Waals surface area (Å²) in [7, 11) is 0. The summed E-state index contributed by atoms with van der Waals surface area (Å²) in [4.78, 5) is 14.7. The minimum atomic E-state index is -0.0794. The molecule has 1 heterocycles. The molecule has 0 spiro atoms. The molecule has 2 aromatic carbocycles. The maximum absolute atomic E-state index is 12.3. The molecule has 0 radical (unpaired) electrons. The van der Waals surface area contributed by atoms with Crippen LogP contribution >= 0.6 is 36.4 Å². The van der Waals surface area contributed by atoms with Crippen molar-refractivity contribution in [2.45, 2.75) is 25.4 Å². The lowest BCUT2D eigenvalue weighted by Gasteiger charge is -2.32. The van der Waals surface area contributed by atoms with E-state index in [2.05, 4.69) is 22.3 Å². The minimum Gasteiger partial charge on any atom is -0.398 e. The van der Waals surface area contributed by atoms with Gasteiger partial charge in [0.1, 0.15) is 0 Å². The molecule has 1 aliphatic heterocycles. The van der Waals surface area contributed by atoms with Gasteiger partial charge in [-0.05, 0) is 42.7 Å². The molecule has 0 saturated carbocycles. The highest BCUT2D eigenvalue weighted by Gasteiger charge is 2.21. The number of para-hydroxylation sites is 1. The zero-order valence-corrected chi connectivity index (χ0v) is 16.7. The normalized spacial score (nSPS) is 14.8. The number of nitrogens with zero attached hydrogens (tertiary/aromatic N) is 1. The fourth-order valence-electron chi connectivity index (χ4n) is 3.05. The quantitative estimate of drug-likeness (QED) is 0.736. The lowest BCUT2D eigenvalue weighted by molar-refractivity contribution is 0.0910. The van der Waals surface area contributed by atoms with Crippen LogP contribution in [-0.2, 0) is 6.54 Å².